The summed E-state index contributed by atoms with van der Waals surface area (Å²) in [6.45, 7) is 1.38. The Morgan fingerprint density at radius 1 is 1.47 bits per heavy atom. The first-order chi connectivity index (χ1) is 9.24. The summed E-state index contributed by atoms with van der Waals surface area (Å²) in [6.07, 6.45) is 2.22. The van der Waals surface area contributed by atoms with Crippen LogP contribution in [0.5, 0.6) is 0 Å². The molecular formula is C13H13NO2S3. The molecule has 1 atom stereocenters. The summed E-state index contributed by atoms with van der Waals surface area (Å²) in [4.78, 5) is 14.2. The van der Waals surface area contributed by atoms with Crippen molar-refractivity contribution >= 4 is 34.9 Å². The SMILES string of the molecule is O=c1cc(-c2cccs2)sc(=S)n1CC1CCCO1. The standard InChI is InChI=1S/C13H13NO2S3/c15-12-7-11(10-4-2-6-18-10)19-13(17)14(12)8-9-3-1-5-16-9/h2,4,6-7,9H,1,3,5,8H2. The van der Waals surface area contributed by atoms with Gasteiger partial charge >= 0.3 is 0 Å². The molecule has 0 aliphatic carbocycles. The van der Waals surface area contributed by atoms with Gasteiger partial charge in [-0.3, -0.25) is 9.36 Å². The molecule has 100 valence electrons. The smallest absolute Gasteiger partial charge is 0.253 e. The molecule has 0 amide bonds. The zero-order valence-corrected chi connectivity index (χ0v) is 12.7. The molecule has 0 aromatic carbocycles. The van der Waals surface area contributed by atoms with Gasteiger partial charge in [0.2, 0.25) is 0 Å². The molecule has 3 heterocycles. The van der Waals surface area contributed by atoms with Crippen molar-refractivity contribution in [2.24, 2.45) is 0 Å². The first kappa shape index (κ1) is 13.2. The molecule has 19 heavy (non-hydrogen) atoms. The van der Waals surface area contributed by atoms with Crippen LogP contribution < -0.4 is 5.56 Å². The van der Waals surface area contributed by atoms with Gasteiger partial charge in [-0.05, 0) is 36.5 Å². The van der Waals surface area contributed by atoms with Gasteiger partial charge in [0.1, 0.15) is 0 Å². The number of aromatic nitrogens is 1. The second kappa shape index (κ2) is 5.66. The van der Waals surface area contributed by atoms with Crippen LogP contribution in [0.4, 0.5) is 0 Å². The maximum atomic E-state index is 12.2. The van der Waals surface area contributed by atoms with Crippen LogP contribution in [-0.2, 0) is 11.3 Å². The normalized spacial score (nSPS) is 18.8. The molecule has 0 bridgehead atoms. The Morgan fingerprint density at radius 2 is 2.37 bits per heavy atom. The maximum absolute atomic E-state index is 12.2. The van der Waals surface area contributed by atoms with Crippen LogP contribution in [0.25, 0.3) is 9.75 Å². The largest absolute Gasteiger partial charge is 0.376 e. The fourth-order valence-electron chi connectivity index (χ4n) is 2.16. The average molecular weight is 311 g/mol. The van der Waals surface area contributed by atoms with Gasteiger partial charge in [-0.2, -0.15) is 0 Å². The van der Waals surface area contributed by atoms with Crippen molar-refractivity contribution in [3.8, 4) is 9.75 Å². The van der Waals surface area contributed by atoms with Crippen molar-refractivity contribution < 1.29 is 4.74 Å². The van der Waals surface area contributed by atoms with E-state index in [1.807, 2.05) is 17.5 Å². The molecule has 1 unspecified atom stereocenters. The van der Waals surface area contributed by atoms with Gasteiger partial charge in [0.25, 0.3) is 5.56 Å². The third kappa shape index (κ3) is 2.86. The number of nitrogens with zero attached hydrogens (tertiary/aromatic N) is 1. The first-order valence-electron chi connectivity index (χ1n) is 6.14. The Balaban J connectivity index is 1.94. The molecular weight excluding hydrogens is 298 g/mol. The van der Waals surface area contributed by atoms with E-state index < -0.39 is 0 Å². The molecule has 3 nitrogen and oxygen atoms in total. The van der Waals surface area contributed by atoms with E-state index in [9.17, 15) is 4.79 Å². The highest BCUT2D eigenvalue weighted by Crippen LogP contribution is 2.27. The van der Waals surface area contributed by atoms with E-state index in [4.69, 9.17) is 17.0 Å². The molecule has 0 radical (unpaired) electrons. The van der Waals surface area contributed by atoms with E-state index in [0.717, 1.165) is 29.2 Å². The van der Waals surface area contributed by atoms with E-state index in [1.54, 1.807) is 22.0 Å². The van der Waals surface area contributed by atoms with Crippen molar-refractivity contribution in [3.63, 3.8) is 0 Å². The molecule has 3 rings (SSSR count). The summed E-state index contributed by atoms with van der Waals surface area (Å²) in [7, 11) is 0. The third-order valence-electron chi connectivity index (χ3n) is 3.11. The van der Waals surface area contributed by atoms with Gasteiger partial charge in [0.05, 0.1) is 17.5 Å². The monoisotopic (exact) mass is 311 g/mol. The zero-order valence-electron chi connectivity index (χ0n) is 10.2. The van der Waals surface area contributed by atoms with Gasteiger partial charge < -0.3 is 4.74 Å². The lowest BCUT2D eigenvalue weighted by atomic mass is 10.2. The van der Waals surface area contributed by atoms with Gasteiger partial charge in [-0.25, -0.2) is 0 Å². The number of rotatable bonds is 3. The summed E-state index contributed by atoms with van der Waals surface area (Å²) in [6, 6.07) is 5.67. The van der Waals surface area contributed by atoms with Crippen LogP contribution in [0.2, 0.25) is 0 Å². The fourth-order valence-corrected chi connectivity index (χ4v) is 4.29. The molecule has 1 fully saturated rings. The molecule has 1 saturated heterocycles. The molecule has 6 heteroatoms. The highest BCUT2D eigenvalue weighted by molar-refractivity contribution is 7.73. The lowest BCUT2D eigenvalue weighted by Gasteiger charge is -2.11. The van der Waals surface area contributed by atoms with Gasteiger partial charge in [0, 0.05) is 17.6 Å². The summed E-state index contributed by atoms with van der Waals surface area (Å²) < 4.78 is 7.86. The minimum absolute atomic E-state index is 0.0253. The molecule has 1 aliphatic rings. The van der Waals surface area contributed by atoms with Crippen LogP contribution in [0.1, 0.15) is 12.8 Å². The van der Waals surface area contributed by atoms with Crippen LogP contribution >= 0.6 is 34.9 Å². The molecule has 0 spiro atoms. The van der Waals surface area contributed by atoms with Crippen molar-refractivity contribution in [2.75, 3.05) is 6.61 Å². The van der Waals surface area contributed by atoms with E-state index in [0.29, 0.717) is 10.5 Å². The second-order valence-corrected chi connectivity index (χ2v) is 7.06. The van der Waals surface area contributed by atoms with Crippen LogP contribution in [0.15, 0.2) is 28.4 Å². The van der Waals surface area contributed by atoms with E-state index in [2.05, 4.69) is 0 Å². The number of hydrogen-bond donors (Lipinski definition) is 0. The molecule has 2 aromatic heterocycles. The second-order valence-electron chi connectivity index (χ2n) is 4.44. The van der Waals surface area contributed by atoms with Crippen LogP contribution in [-0.4, -0.2) is 17.3 Å². The summed E-state index contributed by atoms with van der Waals surface area (Å²) >= 11 is 8.48. The Kier molecular flexibility index (Phi) is 3.93. The zero-order chi connectivity index (χ0) is 13.2. The minimum atomic E-state index is -0.0253. The Bertz CT molecular complexity index is 635. The number of thiophene rings is 1. The number of hydrogen-bond acceptors (Lipinski definition) is 5. The molecule has 0 N–H and O–H groups in total. The third-order valence-corrected chi connectivity index (χ3v) is 5.57. The summed E-state index contributed by atoms with van der Waals surface area (Å²) in [5.41, 5.74) is -0.0253. The van der Waals surface area contributed by atoms with Crippen molar-refractivity contribution in [2.45, 2.75) is 25.5 Å². The highest BCUT2D eigenvalue weighted by atomic mass is 32.1. The topological polar surface area (TPSA) is 31.2 Å². The quantitative estimate of drug-likeness (QED) is 0.812. The fraction of sp³-hybridized carbons (Fsp3) is 0.385. The minimum Gasteiger partial charge on any atom is -0.376 e. The first-order valence-corrected chi connectivity index (χ1v) is 8.25. The van der Waals surface area contributed by atoms with Crippen molar-refractivity contribution in [1.82, 2.24) is 4.57 Å². The molecule has 0 saturated carbocycles. The van der Waals surface area contributed by atoms with Gasteiger partial charge in [0.15, 0.2) is 3.95 Å². The van der Waals surface area contributed by atoms with Crippen LogP contribution in [0, 0.1) is 3.95 Å². The average Bonchev–Trinajstić information content (AvgIpc) is 3.06. The van der Waals surface area contributed by atoms with E-state index in [1.165, 1.54) is 11.3 Å². The lowest BCUT2D eigenvalue weighted by Crippen LogP contribution is -2.25. The molecule has 1 aliphatic heterocycles. The summed E-state index contributed by atoms with van der Waals surface area (Å²) in [5.74, 6) is 0. The Labute approximate surface area is 124 Å². The van der Waals surface area contributed by atoms with E-state index >= 15 is 0 Å². The van der Waals surface area contributed by atoms with Crippen molar-refractivity contribution in [3.05, 3.63) is 37.9 Å². The highest BCUT2D eigenvalue weighted by Gasteiger charge is 2.17. The lowest BCUT2D eigenvalue weighted by molar-refractivity contribution is 0.0961. The number of ether oxygens (including phenoxy) is 1. The Hall–Kier alpha value is -0.820. The van der Waals surface area contributed by atoms with Crippen LogP contribution in [0.3, 0.4) is 0 Å². The van der Waals surface area contributed by atoms with Crippen molar-refractivity contribution in [1.29, 1.82) is 0 Å². The van der Waals surface area contributed by atoms with Gasteiger partial charge in [-0.1, -0.05) is 6.07 Å². The predicted molar refractivity (Wildman–Crippen MR) is 81.7 cm³/mol. The summed E-state index contributed by atoms with van der Waals surface area (Å²) in [5, 5.41) is 2.00. The van der Waals surface area contributed by atoms with Gasteiger partial charge in [-0.15, -0.1) is 22.7 Å². The Morgan fingerprint density at radius 3 is 3.00 bits per heavy atom. The molecule has 2 aromatic rings. The maximum Gasteiger partial charge on any atom is 0.253 e. The predicted octanol–water partition coefficient (Wildman–Crippen LogP) is 3.55. The van der Waals surface area contributed by atoms with E-state index in [-0.39, 0.29) is 11.7 Å².